The molecule has 0 saturated heterocycles. The number of fused-ring (bicyclic) bond motifs is 6. The summed E-state index contributed by atoms with van der Waals surface area (Å²) in [6.45, 7) is 0. The number of hydrogen-bond acceptors (Lipinski definition) is 11. The van der Waals surface area contributed by atoms with Crippen molar-refractivity contribution < 1.29 is 54.8 Å². The van der Waals surface area contributed by atoms with Crippen LogP contribution in [0.15, 0.2) is 60.7 Å². The summed E-state index contributed by atoms with van der Waals surface area (Å²) in [6.07, 6.45) is -3.48. The Morgan fingerprint density at radius 1 is 0.683 bits per heavy atom. The number of aliphatic hydroxyl groups is 1. The standard InChI is InChI=1S/C30H22O11/c31-14-4-1-12(2-5-14)26-21(37)10-16-18(34)11-23-25(27(16)41-26)30(29(38)40-23)24-20(36)8-15(32)9-22(24)39-28(30)13-3-6-17(33)19(35)7-13/h1-9,11,21,26,28,31-37H,10H2/t21-,26-,28-,30-/m1/s1. The molecule has 0 fully saturated rings. The molecule has 3 aliphatic rings. The Labute approximate surface area is 231 Å². The van der Waals surface area contributed by atoms with Gasteiger partial charge in [0.25, 0.3) is 0 Å². The smallest absolute Gasteiger partial charge is 0.331 e. The van der Waals surface area contributed by atoms with Crippen LogP contribution < -0.4 is 14.2 Å². The lowest BCUT2D eigenvalue weighted by molar-refractivity contribution is -0.139. The second-order valence-corrected chi connectivity index (χ2v) is 10.3. The quantitative estimate of drug-likeness (QED) is 0.109. The molecule has 7 rings (SSSR count). The molecule has 0 saturated carbocycles. The topological polar surface area (TPSA) is 186 Å². The van der Waals surface area contributed by atoms with E-state index in [4.69, 9.17) is 14.2 Å². The summed E-state index contributed by atoms with van der Waals surface area (Å²) >= 11 is 0. The zero-order chi connectivity index (χ0) is 28.8. The minimum absolute atomic E-state index is 0.00867. The highest BCUT2D eigenvalue weighted by Crippen LogP contribution is 2.66. The Hall–Kier alpha value is -5.29. The maximum Gasteiger partial charge on any atom is 0.331 e. The minimum atomic E-state index is -1.97. The average molecular weight is 558 g/mol. The second kappa shape index (κ2) is 8.35. The first-order valence-electron chi connectivity index (χ1n) is 12.6. The number of carbonyl (C=O) groups excluding carboxylic acids is 1. The lowest BCUT2D eigenvalue weighted by atomic mass is 9.69. The Balaban J connectivity index is 1.52. The first-order chi connectivity index (χ1) is 19.6. The van der Waals surface area contributed by atoms with Crippen molar-refractivity contribution in [1.82, 2.24) is 0 Å². The third-order valence-corrected chi connectivity index (χ3v) is 7.87. The zero-order valence-electron chi connectivity index (χ0n) is 21.0. The van der Waals surface area contributed by atoms with Crippen LogP contribution in [0.4, 0.5) is 0 Å². The van der Waals surface area contributed by atoms with E-state index in [0.29, 0.717) is 5.56 Å². The normalized spacial score (nSPS) is 23.7. The molecule has 0 amide bonds. The number of benzene rings is 4. The van der Waals surface area contributed by atoms with Crippen molar-refractivity contribution in [1.29, 1.82) is 0 Å². The molecule has 3 heterocycles. The van der Waals surface area contributed by atoms with Crippen LogP contribution in [-0.4, -0.2) is 47.8 Å². The van der Waals surface area contributed by atoms with Crippen molar-refractivity contribution in [3.8, 4) is 51.7 Å². The molecule has 0 bridgehead atoms. The van der Waals surface area contributed by atoms with Gasteiger partial charge in [-0.1, -0.05) is 18.2 Å². The van der Waals surface area contributed by atoms with Crippen LogP contribution in [0.2, 0.25) is 0 Å². The maximum atomic E-state index is 14.0. The van der Waals surface area contributed by atoms with Gasteiger partial charge in [0.05, 0.1) is 17.2 Å². The summed E-state index contributed by atoms with van der Waals surface area (Å²) in [4.78, 5) is 14.0. The summed E-state index contributed by atoms with van der Waals surface area (Å²) in [5.41, 5.74) is -1.00. The molecule has 4 atom stereocenters. The van der Waals surface area contributed by atoms with Crippen LogP contribution in [0, 0.1) is 0 Å². The van der Waals surface area contributed by atoms with E-state index in [0.717, 1.165) is 6.07 Å². The molecule has 11 heteroatoms. The molecule has 11 nitrogen and oxygen atoms in total. The summed E-state index contributed by atoms with van der Waals surface area (Å²) < 4.78 is 18.2. The number of aliphatic hydroxyl groups excluding tert-OH is 1. The van der Waals surface area contributed by atoms with Crippen LogP contribution in [0.5, 0.6) is 51.7 Å². The molecule has 7 N–H and O–H groups in total. The highest BCUT2D eigenvalue weighted by molar-refractivity contribution is 6.00. The number of phenols is 6. The molecule has 41 heavy (non-hydrogen) atoms. The summed E-state index contributed by atoms with van der Waals surface area (Å²) in [7, 11) is 0. The first kappa shape index (κ1) is 24.7. The van der Waals surface area contributed by atoms with Gasteiger partial charge in [-0.15, -0.1) is 0 Å². The van der Waals surface area contributed by atoms with Crippen LogP contribution in [0.3, 0.4) is 0 Å². The van der Waals surface area contributed by atoms with Gasteiger partial charge in [-0.2, -0.15) is 0 Å². The molecule has 4 aromatic carbocycles. The highest BCUT2D eigenvalue weighted by Gasteiger charge is 2.66. The molecule has 208 valence electrons. The van der Waals surface area contributed by atoms with E-state index in [9.17, 15) is 40.5 Å². The fraction of sp³-hybridized carbons (Fsp3) is 0.167. The molecule has 0 aliphatic carbocycles. The number of phenolic OH excluding ortho intramolecular Hbond substituents is 6. The Morgan fingerprint density at radius 3 is 2.15 bits per heavy atom. The Bertz CT molecular complexity index is 1760. The van der Waals surface area contributed by atoms with E-state index in [-0.39, 0.29) is 63.2 Å². The number of rotatable bonds is 2. The van der Waals surface area contributed by atoms with Crippen molar-refractivity contribution in [2.45, 2.75) is 30.1 Å². The van der Waals surface area contributed by atoms with E-state index in [1.165, 1.54) is 42.5 Å². The number of aromatic hydroxyl groups is 6. The third-order valence-electron chi connectivity index (χ3n) is 7.87. The van der Waals surface area contributed by atoms with Crippen molar-refractivity contribution >= 4 is 5.97 Å². The zero-order valence-corrected chi connectivity index (χ0v) is 21.0. The summed E-state index contributed by atoms with van der Waals surface area (Å²) in [5, 5.41) is 73.2. The largest absolute Gasteiger partial charge is 0.508 e. The number of esters is 1. The van der Waals surface area contributed by atoms with Gasteiger partial charge in [-0.05, 0) is 35.4 Å². The second-order valence-electron chi connectivity index (χ2n) is 10.3. The lowest BCUT2D eigenvalue weighted by Gasteiger charge is -2.35. The molecule has 0 aromatic heterocycles. The van der Waals surface area contributed by atoms with Gasteiger partial charge in [0.2, 0.25) is 0 Å². The van der Waals surface area contributed by atoms with Crippen molar-refractivity contribution in [2.75, 3.05) is 0 Å². The first-order valence-corrected chi connectivity index (χ1v) is 12.6. The predicted molar refractivity (Wildman–Crippen MR) is 139 cm³/mol. The Kier molecular flexibility index (Phi) is 5.04. The average Bonchev–Trinajstić information content (AvgIpc) is 3.41. The van der Waals surface area contributed by atoms with E-state index in [2.05, 4.69) is 0 Å². The molecule has 0 unspecified atom stereocenters. The van der Waals surface area contributed by atoms with Gasteiger partial charge in [0, 0.05) is 30.2 Å². The van der Waals surface area contributed by atoms with Crippen LogP contribution >= 0.6 is 0 Å². The minimum Gasteiger partial charge on any atom is -0.508 e. The maximum absolute atomic E-state index is 14.0. The van der Waals surface area contributed by atoms with Crippen molar-refractivity contribution in [3.05, 3.63) is 88.5 Å². The predicted octanol–water partition coefficient (Wildman–Crippen LogP) is 3.30. The van der Waals surface area contributed by atoms with Gasteiger partial charge in [0.15, 0.2) is 16.9 Å². The monoisotopic (exact) mass is 558 g/mol. The molecular formula is C30H22O11. The van der Waals surface area contributed by atoms with E-state index in [1.807, 2.05) is 0 Å². The van der Waals surface area contributed by atoms with Gasteiger partial charge in [-0.25, -0.2) is 0 Å². The fourth-order valence-electron chi connectivity index (χ4n) is 6.11. The fourth-order valence-corrected chi connectivity index (χ4v) is 6.11. The number of hydrogen-bond donors (Lipinski definition) is 7. The SMILES string of the molecule is O=C1Oc2cc(O)c3c(c2[C@@]12c1c(O)cc(O)cc1O[C@@H]2c1ccc(O)c(O)c1)O[C@H](c1ccc(O)cc1)[C@H](O)C3. The van der Waals surface area contributed by atoms with Gasteiger partial charge in [-0.3, -0.25) is 4.79 Å². The van der Waals surface area contributed by atoms with E-state index in [1.54, 1.807) is 12.1 Å². The lowest BCUT2D eigenvalue weighted by Crippen LogP contribution is -2.40. The molecule has 3 aliphatic heterocycles. The molecular weight excluding hydrogens is 536 g/mol. The Morgan fingerprint density at radius 2 is 1.41 bits per heavy atom. The van der Waals surface area contributed by atoms with Crippen LogP contribution in [-0.2, 0) is 16.6 Å². The van der Waals surface area contributed by atoms with Gasteiger partial charge < -0.3 is 50.0 Å². The number of carbonyl (C=O) groups is 1. The molecule has 4 aromatic rings. The van der Waals surface area contributed by atoms with Crippen molar-refractivity contribution in [2.24, 2.45) is 0 Å². The van der Waals surface area contributed by atoms with Crippen LogP contribution in [0.25, 0.3) is 0 Å². The summed E-state index contributed by atoms with van der Waals surface area (Å²) in [5.74, 6) is -3.00. The van der Waals surface area contributed by atoms with Gasteiger partial charge >= 0.3 is 5.97 Å². The molecule has 1 spiro atoms. The van der Waals surface area contributed by atoms with Crippen LogP contribution in [0.1, 0.15) is 40.0 Å². The summed E-state index contributed by atoms with van der Waals surface area (Å²) in [6, 6.07) is 13.3. The number of ether oxygens (including phenoxy) is 3. The van der Waals surface area contributed by atoms with E-state index < -0.39 is 46.9 Å². The highest BCUT2D eigenvalue weighted by atomic mass is 16.6. The van der Waals surface area contributed by atoms with Gasteiger partial charge in [0.1, 0.15) is 52.5 Å². The van der Waals surface area contributed by atoms with Crippen molar-refractivity contribution in [3.63, 3.8) is 0 Å². The van der Waals surface area contributed by atoms with E-state index >= 15 is 0 Å². The third kappa shape index (κ3) is 3.32. The molecule has 0 radical (unpaired) electrons.